The topological polar surface area (TPSA) is 202 Å². The highest BCUT2D eigenvalue weighted by Gasteiger charge is 2.41. The van der Waals surface area contributed by atoms with Crippen LogP contribution in [0.2, 0.25) is 0 Å². The molecule has 2 atom stereocenters. The van der Waals surface area contributed by atoms with Crippen molar-refractivity contribution < 1.29 is 49.6 Å². The van der Waals surface area contributed by atoms with Crippen LogP contribution in [0, 0.1) is 5.92 Å². The first kappa shape index (κ1) is 30.3. The van der Waals surface area contributed by atoms with Gasteiger partial charge in [-0.2, -0.15) is 0 Å². The molecule has 1 unspecified atom stereocenters. The zero-order chi connectivity index (χ0) is 25.6. The summed E-state index contributed by atoms with van der Waals surface area (Å²) >= 11 is 0. The summed E-state index contributed by atoms with van der Waals surface area (Å²) in [5.74, 6) is -5.92. The zero-order valence-corrected chi connectivity index (χ0v) is 19.2. The monoisotopic (exact) mass is 476 g/mol. The van der Waals surface area contributed by atoms with Gasteiger partial charge in [0.25, 0.3) is 0 Å². The molecular formula is C21H36N2O10. The predicted molar refractivity (Wildman–Crippen MR) is 114 cm³/mol. The van der Waals surface area contributed by atoms with Crippen molar-refractivity contribution in [3.8, 4) is 0 Å². The van der Waals surface area contributed by atoms with Crippen LogP contribution >= 0.6 is 0 Å². The molecule has 33 heavy (non-hydrogen) atoms. The van der Waals surface area contributed by atoms with Crippen molar-refractivity contribution in [2.75, 3.05) is 6.54 Å². The largest absolute Gasteiger partial charge is 0.481 e. The molecule has 0 bridgehead atoms. The number of aliphatic carboxylic acids is 3. The lowest BCUT2D eigenvalue weighted by molar-refractivity contribution is -0.168. The summed E-state index contributed by atoms with van der Waals surface area (Å²) in [7, 11) is 0. The molecule has 6 N–H and O–H groups in total. The molecule has 12 heteroatoms. The minimum absolute atomic E-state index is 0.0114. The molecular weight excluding hydrogens is 440 g/mol. The number of unbranched alkanes of at least 4 members (excludes halogenated alkanes) is 3. The Morgan fingerprint density at radius 2 is 1.48 bits per heavy atom. The normalized spacial score (nSPS) is 13.7. The number of carbonyl (C=O) groups is 5. The van der Waals surface area contributed by atoms with E-state index in [2.05, 4.69) is 19.2 Å². The van der Waals surface area contributed by atoms with Crippen LogP contribution in [-0.2, 0) is 24.0 Å². The van der Waals surface area contributed by atoms with E-state index in [1.807, 2.05) is 0 Å². The number of nitrogens with zero attached hydrogens (tertiary/aromatic N) is 1. The van der Waals surface area contributed by atoms with Crippen molar-refractivity contribution in [1.82, 2.24) is 10.4 Å². The Hall–Kier alpha value is -2.73. The van der Waals surface area contributed by atoms with Crippen LogP contribution in [0.25, 0.3) is 0 Å². The minimum atomic E-state index is -2.87. The van der Waals surface area contributed by atoms with E-state index in [1.165, 1.54) is 0 Å². The van der Waals surface area contributed by atoms with Crippen LogP contribution in [0.15, 0.2) is 0 Å². The Balaban J connectivity index is 4.43. The maximum Gasteiger partial charge on any atom is 0.336 e. The highest BCUT2D eigenvalue weighted by Crippen LogP contribution is 2.17. The average molecular weight is 477 g/mol. The van der Waals surface area contributed by atoms with Gasteiger partial charge in [-0.25, -0.2) is 14.7 Å². The summed E-state index contributed by atoms with van der Waals surface area (Å²) in [5.41, 5.74) is -2.87. The first-order chi connectivity index (χ1) is 15.3. The number of hydrogen-bond acceptors (Lipinski definition) is 7. The Bertz CT molecular complexity index is 682. The standard InChI is InChI=1S/C21H36N2O10/c1-14(2)8-4-3-5-10-17(25)23(33)11-7-6-9-15(19(28)29)22-16(24)12-21(32,20(30)31)13-18(26)27/h14-15,32-33H,3-13H2,1-2H3,(H,22,24)(H,26,27)(H,28,29)(H,30,31)/t15-,21?/m0/s1. The first-order valence-electron chi connectivity index (χ1n) is 11.0. The maximum absolute atomic E-state index is 12.0. The van der Waals surface area contributed by atoms with Crippen molar-refractivity contribution in [2.45, 2.75) is 89.7 Å². The lowest BCUT2D eigenvalue weighted by Crippen LogP contribution is -2.48. The summed E-state index contributed by atoms with van der Waals surface area (Å²) < 4.78 is 0. The van der Waals surface area contributed by atoms with Crippen LogP contribution in [0.4, 0.5) is 0 Å². The van der Waals surface area contributed by atoms with Gasteiger partial charge in [0.2, 0.25) is 11.8 Å². The molecule has 0 rings (SSSR count). The second kappa shape index (κ2) is 15.2. The molecule has 0 aliphatic carbocycles. The van der Waals surface area contributed by atoms with Gasteiger partial charge in [0.05, 0.1) is 12.8 Å². The summed E-state index contributed by atoms with van der Waals surface area (Å²) in [6, 6.07) is -1.41. The summed E-state index contributed by atoms with van der Waals surface area (Å²) in [6.45, 7) is 4.23. The van der Waals surface area contributed by atoms with Gasteiger partial charge in [-0.15, -0.1) is 0 Å². The van der Waals surface area contributed by atoms with Crippen molar-refractivity contribution in [3.63, 3.8) is 0 Å². The molecule has 12 nitrogen and oxygen atoms in total. The highest BCUT2D eigenvalue weighted by atomic mass is 16.5. The van der Waals surface area contributed by atoms with E-state index >= 15 is 0 Å². The summed E-state index contributed by atoms with van der Waals surface area (Å²) in [5, 5.41) is 49.3. The van der Waals surface area contributed by atoms with E-state index in [1.54, 1.807) is 0 Å². The Kier molecular flexibility index (Phi) is 13.9. The summed E-state index contributed by atoms with van der Waals surface area (Å²) in [4.78, 5) is 57.1. The van der Waals surface area contributed by atoms with E-state index < -0.39 is 54.2 Å². The molecule has 0 radical (unpaired) electrons. The van der Waals surface area contributed by atoms with Gasteiger partial charge in [0, 0.05) is 13.0 Å². The third-order valence-corrected chi connectivity index (χ3v) is 5.00. The Morgan fingerprint density at radius 3 is 2.00 bits per heavy atom. The molecule has 0 fully saturated rings. The number of hydroxylamine groups is 2. The fraction of sp³-hybridized carbons (Fsp3) is 0.762. The number of carbonyl (C=O) groups excluding carboxylic acids is 2. The van der Waals surface area contributed by atoms with Crippen LogP contribution in [0.5, 0.6) is 0 Å². The number of nitrogens with one attached hydrogen (secondary N) is 1. The molecule has 0 aromatic rings. The van der Waals surface area contributed by atoms with Crippen LogP contribution in [-0.4, -0.2) is 78.6 Å². The second-order valence-corrected chi connectivity index (χ2v) is 8.55. The molecule has 0 aromatic carbocycles. The van der Waals surface area contributed by atoms with E-state index in [0.29, 0.717) is 17.4 Å². The first-order valence-corrected chi connectivity index (χ1v) is 11.0. The van der Waals surface area contributed by atoms with Gasteiger partial charge < -0.3 is 25.7 Å². The molecule has 0 aliphatic heterocycles. The van der Waals surface area contributed by atoms with E-state index in [4.69, 9.17) is 10.2 Å². The average Bonchev–Trinajstić information content (AvgIpc) is 2.68. The SMILES string of the molecule is CC(C)CCCCCC(=O)N(O)CCCC[C@H](NC(=O)CC(O)(CC(=O)O)C(=O)O)C(=O)O. The summed E-state index contributed by atoms with van der Waals surface area (Å²) in [6.07, 6.45) is 1.89. The van der Waals surface area contributed by atoms with Crippen molar-refractivity contribution in [3.05, 3.63) is 0 Å². The van der Waals surface area contributed by atoms with Crippen molar-refractivity contribution in [2.24, 2.45) is 5.92 Å². The smallest absolute Gasteiger partial charge is 0.336 e. The molecule has 0 heterocycles. The number of carboxylic acid groups (broad SMARTS) is 3. The number of carboxylic acids is 3. The molecule has 0 aliphatic rings. The van der Waals surface area contributed by atoms with Crippen LogP contribution in [0.3, 0.4) is 0 Å². The molecule has 190 valence electrons. The van der Waals surface area contributed by atoms with Gasteiger partial charge in [0.1, 0.15) is 6.04 Å². The molecule has 0 saturated heterocycles. The van der Waals surface area contributed by atoms with E-state index in [9.17, 15) is 39.4 Å². The molecule has 2 amide bonds. The van der Waals surface area contributed by atoms with E-state index in [-0.39, 0.29) is 32.2 Å². The number of amides is 2. The third-order valence-electron chi connectivity index (χ3n) is 5.00. The molecule has 0 spiro atoms. The second-order valence-electron chi connectivity index (χ2n) is 8.55. The maximum atomic E-state index is 12.0. The lowest BCUT2D eigenvalue weighted by atomic mass is 9.95. The lowest BCUT2D eigenvalue weighted by Gasteiger charge is -2.22. The van der Waals surface area contributed by atoms with Crippen LogP contribution < -0.4 is 5.32 Å². The number of aliphatic hydroxyl groups is 1. The van der Waals surface area contributed by atoms with E-state index in [0.717, 1.165) is 19.3 Å². The van der Waals surface area contributed by atoms with Gasteiger partial charge in [0.15, 0.2) is 5.60 Å². The zero-order valence-electron chi connectivity index (χ0n) is 19.2. The number of hydrogen-bond donors (Lipinski definition) is 6. The number of rotatable bonds is 18. The van der Waals surface area contributed by atoms with Gasteiger partial charge in [-0.05, 0) is 31.6 Å². The van der Waals surface area contributed by atoms with Gasteiger partial charge >= 0.3 is 17.9 Å². The fourth-order valence-corrected chi connectivity index (χ4v) is 3.10. The fourth-order valence-electron chi connectivity index (χ4n) is 3.10. The predicted octanol–water partition coefficient (Wildman–Crippen LogP) is 1.23. The van der Waals surface area contributed by atoms with Crippen molar-refractivity contribution in [1.29, 1.82) is 0 Å². The molecule has 0 aromatic heterocycles. The van der Waals surface area contributed by atoms with Crippen LogP contribution in [0.1, 0.15) is 78.1 Å². The van der Waals surface area contributed by atoms with Gasteiger partial charge in [-0.3, -0.25) is 19.6 Å². The van der Waals surface area contributed by atoms with Crippen molar-refractivity contribution >= 4 is 29.7 Å². The Morgan fingerprint density at radius 1 is 0.879 bits per heavy atom. The Labute approximate surface area is 192 Å². The minimum Gasteiger partial charge on any atom is -0.481 e. The molecule has 0 saturated carbocycles. The quantitative estimate of drug-likeness (QED) is 0.0948. The highest BCUT2D eigenvalue weighted by molar-refractivity contribution is 5.91. The van der Waals surface area contributed by atoms with Gasteiger partial charge in [-0.1, -0.05) is 33.1 Å². The third kappa shape index (κ3) is 13.4.